The molecule has 2 nitrogen and oxygen atoms in total. The van der Waals surface area contributed by atoms with Crippen molar-refractivity contribution in [3.05, 3.63) is 0 Å². The van der Waals surface area contributed by atoms with Crippen molar-refractivity contribution in [2.45, 2.75) is 65.5 Å². The lowest BCUT2D eigenvalue weighted by molar-refractivity contribution is 0.158. The molecule has 0 spiro atoms. The van der Waals surface area contributed by atoms with Crippen LogP contribution in [0.1, 0.15) is 53.9 Å². The molecule has 1 saturated heterocycles. The Morgan fingerprint density at radius 1 is 1.31 bits per heavy atom. The first-order valence-corrected chi connectivity index (χ1v) is 6.93. The first-order valence-electron chi connectivity index (χ1n) is 6.93. The number of nitrogens with zero attached hydrogens (tertiary/aromatic N) is 1. The van der Waals surface area contributed by atoms with Crippen LogP contribution < -0.4 is 5.32 Å². The Morgan fingerprint density at radius 2 is 2.00 bits per heavy atom. The summed E-state index contributed by atoms with van der Waals surface area (Å²) in [6.45, 7) is 15.3. The van der Waals surface area contributed by atoms with E-state index in [1.165, 1.54) is 38.9 Å². The van der Waals surface area contributed by atoms with Crippen molar-refractivity contribution in [1.82, 2.24) is 10.2 Å². The Bertz CT molecular complexity index is 201. The van der Waals surface area contributed by atoms with Crippen molar-refractivity contribution in [2.24, 2.45) is 5.92 Å². The van der Waals surface area contributed by atoms with Crippen molar-refractivity contribution in [3.63, 3.8) is 0 Å². The standard InChI is InChI=1S/C14H30N2/c1-6-12(2)10-13(3)16-9-7-8-15-14(4,5)11-16/h12-13,15H,6-11H2,1-5H3. The van der Waals surface area contributed by atoms with E-state index in [1.807, 2.05) is 0 Å². The number of hydrogen-bond acceptors (Lipinski definition) is 2. The molecule has 16 heavy (non-hydrogen) atoms. The van der Waals surface area contributed by atoms with Gasteiger partial charge in [0.15, 0.2) is 0 Å². The summed E-state index contributed by atoms with van der Waals surface area (Å²) >= 11 is 0. The highest BCUT2D eigenvalue weighted by atomic mass is 15.2. The summed E-state index contributed by atoms with van der Waals surface area (Å²) in [5.74, 6) is 0.856. The lowest BCUT2D eigenvalue weighted by Gasteiger charge is -2.35. The molecule has 0 aromatic heterocycles. The van der Waals surface area contributed by atoms with E-state index in [0.717, 1.165) is 12.0 Å². The van der Waals surface area contributed by atoms with Crippen LogP contribution in [0.4, 0.5) is 0 Å². The molecule has 2 atom stereocenters. The molecule has 0 bridgehead atoms. The number of rotatable bonds is 4. The van der Waals surface area contributed by atoms with Crippen LogP contribution in [0.25, 0.3) is 0 Å². The van der Waals surface area contributed by atoms with Gasteiger partial charge in [-0.3, -0.25) is 4.90 Å². The van der Waals surface area contributed by atoms with E-state index in [-0.39, 0.29) is 5.54 Å². The number of nitrogens with one attached hydrogen (secondary N) is 1. The zero-order valence-electron chi connectivity index (χ0n) is 11.8. The molecular formula is C14H30N2. The second kappa shape index (κ2) is 6.02. The predicted molar refractivity (Wildman–Crippen MR) is 71.8 cm³/mol. The van der Waals surface area contributed by atoms with Gasteiger partial charge in [-0.2, -0.15) is 0 Å². The summed E-state index contributed by atoms with van der Waals surface area (Å²) in [7, 11) is 0. The zero-order chi connectivity index (χ0) is 12.2. The Hall–Kier alpha value is -0.0800. The summed E-state index contributed by atoms with van der Waals surface area (Å²) in [6, 6.07) is 0.731. The lowest BCUT2D eigenvalue weighted by atomic mass is 9.97. The second-order valence-electron chi connectivity index (χ2n) is 6.23. The van der Waals surface area contributed by atoms with E-state index in [2.05, 4.69) is 44.8 Å². The molecule has 2 heteroatoms. The topological polar surface area (TPSA) is 15.3 Å². The highest BCUT2D eigenvalue weighted by Crippen LogP contribution is 2.19. The van der Waals surface area contributed by atoms with Gasteiger partial charge in [0.2, 0.25) is 0 Å². The smallest absolute Gasteiger partial charge is 0.0252 e. The average molecular weight is 226 g/mol. The monoisotopic (exact) mass is 226 g/mol. The minimum Gasteiger partial charge on any atom is -0.310 e. The average Bonchev–Trinajstić information content (AvgIpc) is 2.39. The summed E-state index contributed by atoms with van der Waals surface area (Å²) in [5, 5.41) is 3.63. The van der Waals surface area contributed by atoms with Gasteiger partial charge >= 0.3 is 0 Å². The molecule has 1 rings (SSSR count). The Balaban J connectivity index is 2.50. The van der Waals surface area contributed by atoms with Crippen molar-refractivity contribution in [1.29, 1.82) is 0 Å². The van der Waals surface area contributed by atoms with E-state index in [9.17, 15) is 0 Å². The minimum absolute atomic E-state index is 0.278. The van der Waals surface area contributed by atoms with Crippen LogP contribution in [-0.2, 0) is 0 Å². The molecule has 1 aliphatic heterocycles. The van der Waals surface area contributed by atoms with Crippen LogP contribution >= 0.6 is 0 Å². The van der Waals surface area contributed by atoms with E-state index >= 15 is 0 Å². The first kappa shape index (κ1) is 14.0. The van der Waals surface area contributed by atoms with Gasteiger partial charge in [0.05, 0.1) is 0 Å². The van der Waals surface area contributed by atoms with E-state index in [1.54, 1.807) is 0 Å². The van der Waals surface area contributed by atoms with Crippen LogP contribution in [0.2, 0.25) is 0 Å². The fourth-order valence-corrected chi connectivity index (χ4v) is 2.63. The highest BCUT2D eigenvalue weighted by molar-refractivity contribution is 4.86. The molecule has 0 radical (unpaired) electrons. The largest absolute Gasteiger partial charge is 0.310 e. The fourth-order valence-electron chi connectivity index (χ4n) is 2.63. The maximum atomic E-state index is 3.63. The Morgan fingerprint density at radius 3 is 2.62 bits per heavy atom. The van der Waals surface area contributed by atoms with Gasteiger partial charge in [-0.1, -0.05) is 20.3 Å². The summed E-state index contributed by atoms with van der Waals surface area (Å²) in [6.07, 6.45) is 3.93. The summed E-state index contributed by atoms with van der Waals surface area (Å²) < 4.78 is 0. The zero-order valence-corrected chi connectivity index (χ0v) is 11.8. The molecule has 0 aromatic carbocycles. The van der Waals surface area contributed by atoms with Gasteiger partial charge in [-0.05, 0) is 52.6 Å². The quantitative estimate of drug-likeness (QED) is 0.793. The minimum atomic E-state index is 0.278. The van der Waals surface area contributed by atoms with Gasteiger partial charge in [0.1, 0.15) is 0 Å². The fraction of sp³-hybridized carbons (Fsp3) is 1.00. The van der Waals surface area contributed by atoms with Gasteiger partial charge in [-0.15, -0.1) is 0 Å². The van der Waals surface area contributed by atoms with Crippen molar-refractivity contribution >= 4 is 0 Å². The molecule has 1 fully saturated rings. The normalized spacial score (nSPS) is 26.1. The highest BCUT2D eigenvalue weighted by Gasteiger charge is 2.26. The molecule has 1 aliphatic rings. The predicted octanol–water partition coefficient (Wildman–Crippen LogP) is 2.89. The second-order valence-corrected chi connectivity index (χ2v) is 6.23. The first-order chi connectivity index (χ1) is 7.44. The van der Waals surface area contributed by atoms with Crippen LogP contribution in [0.15, 0.2) is 0 Å². The van der Waals surface area contributed by atoms with E-state index in [4.69, 9.17) is 0 Å². The number of hydrogen-bond donors (Lipinski definition) is 1. The van der Waals surface area contributed by atoms with Crippen molar-refractivity contribution in [2.75, 3.05) is 19.6 Å². The Labute approximate surface area is 102 Å². The lowest BCUT2D eigenvalue weighted by Crippen LogP contribution is -2.48. The molecular weight excluding hydrogens is 196 g/mol. The molecule has 0 aliphatic carbocycles. The van der Waals surface area contributed by atoms with E-state index in [0.29, 0.717) is 0 Å². The molecule has 0 amide bonds. The van der Waals surface area contributed by atoms with Crippen molar-refractivity contribution < 1.29 is 0 Å². The molecule has 2 unspecified atom stereocenters. The van der Waals surface area contributed by atoms with Crippen LogP contribution in [0, 0.1) is 5.92 Å². The molecule has 1 N–H and O–H groups in total. The summed E-state index contributed by atoms with van der Waals surface area (Å²) in [4.78, 5) is 2.67. The third kappa shape index (κ3) is 4.42. The van der Waals surface area contributed by atoms with Gasteiger partial charge in [0, 0.05) is 18.1 Å². The molecule has 0 saturated carbocycles. The summed E-state index contributed by atoms with van der Waals surface area (Å²) in [5.41, 5.74) is 0.278. The third-order valence-electron chi connectivity index (χ3n) is 3.89. The van der Waals surface area contributed by atoms with Gasteiger partial charge in [-0.25, -0.2) is 0 Å². The maximum absolute atomic E-state index is 3.63. The molecule has 96 valence electrons. The van der Waals surface area contributed by atoms with E-state index < -0.39 is 0 Å². The van der Waals surface area contributed by atoms with Crippen LogP contribution in [-0.4, -0.2) is 36.1 Å². The van der Waals surface area contributed by atoms with Gasteiger partial charge < -0.3 is 5.32 Å². The van der Waals surface area contributed by atoms with Gasteiger partial charge in [0.25, 0.3) is 0 Å². The molecule has 1 heterocycles. The van der Waals surface area contributed by atoms with Crippen LogP contribution in [0.5, 0.6) is 0 Å². The Kier molecular flexibility index (Phi) is 5.26. The van der Waals surface area contributed by atoms with Crippen molar-refractivity contribution in [3.8, 4) is 0 Å². The molecule has 0 aromatic rings. The van der Waals surface area contributed by atoms with Crippen LogP contribution in [0.3, 0.4) is 0 Å². The maximum Gasteiger partial charge on any atom is 0.0252 e. The third-order valence-corrected chi connectivity index (χ3v) is 3.89. The SMILES string of the molecule is CCC(C)CC(C)N1CCCNC(C)(C)C1.